The van der Waals surface area contributed by atoms with E-state index in [0.29, 0.717) is 0 Å². The van der Waals surface area contributed by atoms with Crippen molar-refractivity contribution >= 4 is 0 Å². The number of imidazole rings is 1. The highest BCUT2D eigenvalue weighted by atomic mass is 15.2. The Hall–Kier alpha value is -0.870. The fourth-order valence-corrected chi connectivity index (χ4v) is 2.77. The number of aromatic nitrogens is 2. The Labute approximate surface area is 117 Å². The Morgan fingerprint density at radius 3 is 3.00 bits per heavy atom. The minimum absolute atomic E-state index is 0.751. The fourth-order valence-electron chi connectivity index (χ4n) is 2.77. The Kier molecular flexibility index (Phi) is 5.86. The summed E-state index contributed by atoms with van der Waals surface area (Å²) in [5.74, 6) is 1.58. The first-order valence-electron chi connectivity index (χ1n) is 7.63. The maximum absolute atomic E-state index is 4.09. The van der Waals surface area contributed by atoms with Crippen molar-refractivity contribution in [2.24, 2.45) is 11.8 Å². The van der Waals surface area contributed by atoms with E-state index in [1.165, 1.54) is 32.5 Å². The summed E-state index contributed by atoms with van der Waals surface area (Å²) in [6, 6.07) is 0. The van der Waals surface area contributed by atoms with Gasteiger partial charge in [0, 0.05) is 32.0 Å². The van der Waals surface area contributed by atoms with Crippen molar-refractivity contribution in [3.05, 3.63) is 18.7 Å². The molecular formula is C15H28N4. The molecule has 1 N–H and O–H groups in total. The molecule has 108 valence electrons. The van der Waals surface area contributed by atoms with Crippen LogP contribution >= 0.6 is 0 Å². The van der Waals surface area contributed by atoms with Crippen molar-refractivity contribution in [3.8, 4) is 0 Å². The van der Waals surface area contributed by atoms with E-state index in [0.717, 1.165) is 31.5 Å². The maximum atomic E-state index is 4.09. The zero-order valence-electron chi connectivity index (χ0n) is 12.4. The lowest BCUT2D eigenvalue weighted by atomic mass is 9.98. The van der Waals surface area contributed by atoms with Crippen molar-refractivity contribution in [1.82, 2.24) is 19.8 Å². The monoisotopic (exact) mass is 264 g/mol. The third-order valence-corrected chi connectivity index (χ3v) is 3.82. The lowest BCUT2D eigenvalue weighted by Crippen LogP contribution is -2.41. The largest absolute Gasteiger partial charge is 0.336 e. The molecule has 0 saturated carbocycles. The molecule has 4 heteroatoms. The Bertz CT molecular complexity index is 334. The first-order valence-corrected chi connectivity index (χ1v) is 7.63. The minimum Gasteiger partial charge on any atom is -0.336 e. The topological polar surface area (TPSA) is 33.1 Å². The second kappa shape index (κ2) is 7.65. The molecule has 0 bridgehead atoms. The maximum Gasteiger partial charge on any atom is 0.0946 e. The van der Waals surface area contributed by atoms with Crippen LogP contribution in [-0.4, -0.2) is 47.2 Å². The van der Waals surface area contributed by atoms with Gasteiger partial charge in [-0.25, -0.2) is 4.98 Å². The number of nitrogens with zero attached hydrogens (tertiary/aromatic N) is 3. The van der Waals surface area contributed by atoms with E-state index in [2.05, 4.69) is 33.6 Å². The summed E-state index contributed by atoms with van der Waals surface area (Å²) in [6.45, 7) is 11.6. The van der Waals surface area contributed by atoms with Gasteiger partial charge in [0.05, 0.1) is 6.33 Å². The minimum atomic E-state index is 0.751. The molecule has 0 aromatic carbocycles. The van der Waals surface area contributed by atoms with Crippen LogP contribution in [0.4, 0.5) is 0 Å². The molecule has 2 heterocycles. The molecule has 1 aliphatic rings. The molecule has 2 rings (SSSR count). The molecule has 4 nitrogen and oxygen atoms in total. The van der Waals surface area contributed by atoms with Gasteiger partial charge >= 0.3 is 0 Å². The molecule has 1 fully saturated rings. The first-order chi connectivity index (χ1) is 9.24. The number of likely N-dealkylation sites (tertiary alicyclic amines) is 1. The van der Waals surface area contributed by atoms with E-state index in [-0.39, 0.29) is 0 Å². The summed E-state index contributed by atoms with van der Waals surface area (Å²) in [5.41, 5.74) is 0. The van der Waals surface area contributed by atoms with Crippen LogP contribution in [0, 0.1) is 11.8 Å². The molecule has 1 unspecified atom stereocenters. The van der Waals surface area contributed by atoms with Gasteiger partial charge < -0.3 is 14.8 Å². The summed E-state index contributed by atoms with van der Waals surface area (Å²) < 4.78 is 2.17. The SMILES string of the molecule is CC(C)CNCC1CCCN(CCn2ccnc2)C1. The summed E-state index contributed by atoms with van der Waals surface area (Å²) in [6.07, 6.45) is 8.54. The molecule has 1 aliphatic heterocycles. The zero-order chi connectivity index (χ0) is 13.5. The number of rotatable bonds is 7. The van der Waals surface area contributed by atoms with Gasteiger partial charge in [-0.1, -0.05) is 13.8 Å². The van der Waals surface area contributed by atoms with Crippen molar-refractivity contribution in [3.63, 3.8) is 0 Å². The second-order valence-electron chi connectivity index (χ2n) is 6.16. The number of nitrogens with one attached hydrogen (secondary N) is 1. The van der Waals surface area contributed by atoms with Crippen LogP contribution in [0.3, 0.4) is 0 Å². The van der Waals surface area contributed by atoms with Gasteiger partial charge in [0.2, 0.25) is 0 Å². The normalized spacial score (nSPS) is 21.1. The van der Waals surface area contributed by atoms with Crippen LogP contribution in [-0.2, 0) is 6.54 Å². The molecule has 0 amide bonds. The lowest BCUT2D eigenvalue weighted by Gasteiger charge is -2.33. The Balaban J connectivity index is 1.65. The van der Waals surface area contributed by atoms with Gasteiger partial charge in [-0.05, 0) is 44.3 Å². The number of hydrogen-bond donors (Lipinski definition) is 1. The number of piperidine rings is 1. The first kappa shape index (κ1) is 14.5. The Morgan fingerprint density at radius 2 is 2.26 bits per heavy atom. The van der Waals surface area contributed by atoms with Crippen LogP contribution < -0.4 is 5.32 Å². The molecule has 0 spiro atoms. The van der Waals surface area contributed by atoms with Crippen LogP contribution in [0.2, 0.25) is 0 Å². The summed E-state index contributed by atoms with van der Waals surface area (Å²) in [4.78, 5) is 6.69. The molecule has 1 aromatic rings. The highest BCUT2D eigenvalue weighted by Crippen LogP contribution is 2.15. The van der Waals surface area contributed by atoms with Crippen molar-refractivity contribution in [1.29, 1.82) is 0 Å². The highest BCUT2D eigenvalue weighted by Gasteiger charge is 2.19. The summed E-state index contributed by atoms with van der Waals surface area (Å²) >= 11 is 0. The van der Waals surface area contributed by atoms with E-state index < -0.39 is 0 Å². The molecule has 0 radical (unpaired) electrons. The third-order valence-electron chi connectivity index (χ3n) is 3.82. The average molecular weight is 264 g/mol. The van der Waals surface area contributed by atoms with Gasteiger partial charge in [0.25, 0.3) is 0 Å². The zero-order valence-corrected chi connectivity index (χ0v) is 12.4. The summed E-state index contributed by atoms with van der Waals surface area (Å²) in [5, 5.41) is 3.60. The van der Waals surface area contributed by atoms with Crippen molar-refractivity contribution in [2.45, 2.75) is 33.2 Å². The predicted octanol–water partition coefficient (Wildman–Crippen LogP) is 1.84. The predicted molar refractivity (Wildman–Crippen MR) is 79.1 cm³/mol. The highest BCUT2D eigenvalue weighted by molar-refractivity contribution is 4.78. The van der Waals surface area contributed by atoms with E-state index in [1.807, 2.05) is 18.7 Å². The average Bonchev–Trinajstić information content (AvgIpc) is 2.89. The van der Waals surface area contributed by atoms with Gasteiger partial charge in [0.1, 0.15) is 0 Å². The summed E-state index contributed by atoms with van der Waals surface area (Å²) in [7, 11) is 0. The van der Waals surface area contributed by atoms with Crippen LogP contribution in [0.5, 0.6) is 0 Å². The van der Waals surface area contributed by atoms with Crippen LogP contribution in [0.25, 0.3) is 0 Å². The van der Waals surface area contributed by atoms with E-state index in [1.54, 1.807) is 0 Å². The van der Waals surface area contributed by atoms with Crippen molar-refractivity contribution < 1.29 is 0 Å². The smallest absolute Gasteiger partial charge is 0.0946 e. The van der Waals surface area contributed by atoms with E-state index in [4.69, 9.17) is 0 Å². The molecule has 1 aromatic heterocycles. The van der Waals surface area contributed by atoms with E-state index >= 15 is 0 Å². The second-order valence-corrected chi connectivity index (χ2v) is 6.16. The van der Waals surface area contributed by atoms with Gasteiger partial charge in [0.15, 0.2) is 0 Å². The molecule has 19 heavy (non-hydrogen) atoms. The lowest BCUT2D eigenvalue weighted by molar-refractivity contribution is 0.166. The standard InChI is InChI=1S/C15H28N4/c1-14(2)10-17-11-15-4-3-6-18(12-15)8-9-19-7-5-16-13-19/h5,7,13-15,17H,3-4,6,8-12H2,1-2H3. The fraction of sp³-hybridized carbons (Fsp3) is 0.800. The van der Waals surface area contributed by atoms with Crippen LogP contribution in [0.1, 0.15) is 26.7 Å². The quantitative estimate of drug-likeness (QED) is 0.816. The van der Waals surface area contributed by atoms with E-state index in [9.17, 15) is 0 Å². The van der Waals surface area contributed by atoms with Gasteiger partial charge in [-0.3, -0.25) is 0 Å². The molecular weight excluding hydrogens is 236 g/mol. The molecule has 1 saturated heterocycles. The Morgan fingerprint density at radius 1 is 1.37 bits per heavy atom. The third kappa shape index (κ3) is 5.33. The van der Waals surface area contributed by atoms with Gasteiger partial charge in [-0.15, -0.1) is 0 Å². The molecule has 1 atom stereocenters. The molecule has 0 aliphatic carbocycles. The van der Waals surface area contributed by atoms with Gasteiger partial charge in [-0.2, -0.15) is 0 Å². The van der Waals surface area contributed by atoms with Crippen LogP contribution in [0.15, 0.2) is 18.7 Å². The number of hydrogen-bond acceptors (Lipinski definition) is 3. The van der Waals surface area contributed by atoms with Crippen molar-refractivity contribution in [2.75, 3.05) is 32.7 Å².